The summed E-state index contributed by atoms with van der Waals surface area (Å²) in [5, 5.41) is 2.80. The SMILES string of the molecule is CCCC[C@H](CC)CNC(=O)[C@@H](C)NS(=O)(=O)c1ccc(F)cc1. The van der Waals surface area contributed by atoms with E-state index in [0.717, 1.165) is 37.8 Å². The van der Waals surface area contributed by atoms with Crippen LogP contribution in [0.25, 0.3) is 0 Å². The summed E-state index contributed by atoms with van der Waals surface area (Å²) in [6.07, 6.45) is 4.23. The minimum absolute atomic E-state index is 0.0714. The third-order valence-corrected chi connectivity index (χ3v) is 5.51. The Morgan fingerprint density at radius 3 is 2.38 bits per heavy atom. The molecule has 0 aromatic heterocycles. The van der Waals surface area contributed by atoms with Crippen molar-refractivity contribution in [2.75, 3.05) is 6.54 Å². The Kier molecular flexibility index (Phi) is 8.35. The molecule has 0 unspecified atom stereocenters. The van der Waals surface area contributed by atoms with Crippen LogP contribution in [0.3, 0.4) is 0 Å². The molecule has 5 nitrogen and oxygen atoms in total. The third-order valence-electron chi connectivity index (χ3n) is 3.96. The van der Waals surface area contributed by atoms with Gasteiger partial charge >= 0.3 is 0 Å². The van der Waals surface area contributed by atoms with Gasteiger partial charge in [-0.1, -0.05) is 33.1 Å². The van der Waals surface area contributed by atoms with E-state index in [2.05, 4.69) is 23.9 Å². The second-order valence-electron chi connectivity index (χ2n) is 5.96. The maximum atomic E-state index is 12.9. The predicted octanol–water partition coefficient (Wildman–Crippen LogP) is 2.83. The lowest BCUT2D eigenvalue weighted by Crippen LogP contribution is -2.45. The standard InChI is InChI=1S/C17H27FN2O3S/c1-4-6-7-14(5-2)12-19-17(21)13(3)20-24(22,23)16-10-8-15(18)9-11-16/h8-11,13-14,20H,4-7,12H2,1-3H3,(H,19,21)/t13-,14+/m1/s1. The smallest absolute Gasteiger partial charge is 0.241 e. The molecule has 0 aliphatic carbocycles. The Balaban J connectivity index is 2.58. The van der Waals surface area contributed by atoms with Gasteiger partial charge in [-0.2, -0.15) is 4.72 Å². The summed E-state index contributed by atoms with van der Waals surface area (Å²) in [6.45, 7) is 6.23. The van der Waals surface area contributed by atoms with Crippen molar-refractivity contribution in [1.82, 2.24) is 10.0 Å². The molecule has 2 atom stereocenters. The summed E-state index contributed by atoms with van der Waals surface area (Å²) < 4.78 is 39.6. The first-order chi connectivity index (χ1) is 11.3. The van der Waals surface area contributed by atoms with Crippen LogP contribution in [0, 0.1) is 11.7 Å². The van der Waals surface area contributed by atoms with Crippen LogP contribution in [0.2, 0.25) is 0 Å². The van der Waals surface area contributed by atoms with Gasteiger partial charge in [-0.15, -0.1) is 0 Å². The van der Waals surface area contributed by atoms with Crippen molar-refractivity contribution in [3.8, 4) is 0 Å². The van der Waals surface area contributed by atoms with E-state index in [4.69, 9.17) is 0 Å². The molecule has 0 heterocycles. The normalized spacial score (nSPS) is 14.2. The maximum Gasteiger partial charge on any atom is 0.241 e. The number of carbonyl (C=O) groups is 1. The van der Waals surface area contributed by atoms with Crippen LogP contribution in [0.1, 0.15) is 46.5 Å². The predicted molar refractivity (Wildman–Crippen MR) is 92.5 cm³/mol. The zero-order valence-corrected chi connectivity index (χ0v) is 15.3. The van der Waals surface area contributed by atoms with Gasteiger partial charge in [0.15, 0.2) is 0 Å². The molecule has 7 heteroatoms. The summed E-state index contributed by atoms with van der Waals surface area (Å²) in [5.74, 6) is -0.483. The number of sulfonamides is 1. The number of carbonyl (C=O) groups excluding carboxylic acids is 1. The third kappa shape index (κ3) is 6.57. The highest BCUT2D eigenvalue weighted by atomic mass is 32.2. The lowest BCUT2D eigenvalue weighted by molar-refractivity contribution is -0.122. The van der Waals surface area contributed by atoms with Crippen LogP contribution in [0.4, 0.5) is 4.39 Å². The van der Waals surface area contributed by atoms with Crippen molar-refractivity contribution in [3.05, 3.63) is 30.1 Å². The van der Waals surface area contributed by atoms with Gasteiger partial charge in [0, 0.05) is 6.54 Å². The van der Waals surface area contributed by atoms with Gasteiger partial charge in [-0.05, 0) is 43.5 Å². The molecule has 2 N–H and O–H groups in total. The molecule has 1 amide bonds. The van der Waals surface area contributed by atoms with Gasteiger partial charge < -0.3 is 5.32 Å². The molecular weight excluding hydrogens is 331 g/mol. The average molecular weight is 358 g/mol. The fraction of sp³-hybridized carbons (Fsp3) is 0.588. The van der Waals surface area contributed by atoms with Gasteiger partial charge in [-0.3, -0.25) is 4.79 Å². The topological polar surface area (TPSA) is 75.3 Å². The average Bonchev–Trinajstić information content (AvgIpc) is 2.54. The number of amides is 1. The summed E-state index contributed by atoms with van der Waals surface area (Å²) in [5.41, 5.74) is 0. The van der Waals surface area contributed by atoms with Gasteiger partial charge in [0.2, 0.25) is 15.9 Å². The lowest BCUT2D eigenvalue weighted by Gasteiger charge is -2.18. The molecule has 0 aliphatic heterocycles. The summed E-state index contributed by atoms with van der Waals surface area (Å²) in [7, 11) is -3.86. The van der Waals surface area contributed by atoms with Crippen LogP contribution >= 0.6 is 0 Å². The number of halogens is 1. The van der Waals surface area contributed by atoms with E-state index in [9.17, 15) is 17.6 Å². The first kappa shape index (κ1) is 20.6. The van der Waals surface area contributed by atoms with Gasteiger partial charge in [-0.25, -0.2) is 12.8 Å². The van der Waals surface area contributed by atoms with Crippen LogP contribution < -0.4 is 10.0 Å². The molecule has 0 spiro atoms. The molecule has 24 heavy (non-hydrogen) atoms. The van der Waals surface area contributed by atoms with Gasteiger partial charge in [0.25, 0.3) is 0 Å². The fourth-order valence-corrected chi connectivity index (χ4v) is 3.51. The highest BCUT2D eigenvalue weighted by Crippen LogP contribution is 2.12. The molecule has 0 saturated heterocycles. The van der Waals surface area contributed by atoms with E-state index in [0.29, 0.717) is 12.5 Å². The van der Waals surface area contributed by atoms with E-state index in [1.807, 2.05) is 0 Å². The van der Waals surface area contributed by atoms with Crippen molar-refractivity contribution >= 4 is 15.9 Å². The first-order valence-corrected chi connectivity index (χ1v) is 9.84. The number of unbranched alkanes of at least 4 members (excludes halogenated alkanes) is 1. The van der Waals surface area contributed by atoms with Crippen LogP contribution in [-0.4, -0.2) is 26.9 Å². The quantitative estimate of drug-likeness (QED) is 0.675. The van der Waals surface area contributed by atoms with Crippen molar-refractivity contribution in [2.45, 2.75) is 57.4 Å². The highest BCUT2D eigenvalue weighted by Gasteiger charge is 2.22. The maximum absolute atomic E-state index is 12.9. The van der Waals surface area contributed by atoms with Crippen molar-refractivity contribution in [2.24, 2.45) is 5.92 Å². The van der Waals surface area contributed by atoms with E-state index in [1.54, 1.807) is 0 Å². The van der Waals surface area contributed by atoms with E-state index < -0.39 is 21.9 Å². The van der Waals surface area contributed by atoms with Gasteiger partial charge in [0.05, 0.1) is 10.9 Å². The monoisotopic (exact) mass is 358 g/mol. The number of hydrogen-bond acceptors (Lipinski definition) is 3. The Labute approximate surface area is 144 Å². The van der Waals surface area contributed by atoms with Gasteiger partial charge in [0.1, 0.15) is 5.82 Å². The van der Waals surface area contributed by atoms with Crippen LogP contribution in [0.15, 0.2) is 29.2 Å². The molecule has 0 aliphatic rings. The molecule has 0 saturated carbocycles. The Morgan fingerprint density at radius 1 is 1.21 bits per heavy atom. The Bertz CT molecular complexity index is 617. The molecule has 136 valence electrons. The minimum atomic E-state index is -3.86. The molecule has 1 aromatic carbocycles. The van der Waals surface area contributed by atoms with E-state index in [1.165, 1.54) is 19.1 Å². The highest BCUT2D eigenvalue weighted by molar-refractivity contribution is 7.89. The molecule has 0 radical (unpaired) electrons. The number of nitrogens with one attached hydrogen (secondary N) is 2. The molecule has 0 bridgehead atoms. The van der Waals surface area contributed by atoms with E-state index >= 15 is 0 Å². The summed E-state index contributed by atoms with van der Waals surface area (Å²) >= 11 is 0. The number of hydrogen-bond donors (Lipinski definition) is 2. The number of rotatable bonds is 10. The van der Waals surface area contributed by atoms with Crippen LogP contribution in [0.5, 0.6) is 0 Å². The first-order valence-electron chi connectivity index (χ1n) is 8.35. The fourth-order valence-electron chi connectivity index (χ4n) is 2.31. The van der Waals surface area contributed by atoms with Crippen LogP contribution in [-0.2, 0) is 14.8 Å². The molecule has 0 fully saturated rings. The van der Waals surface area contributed by atoms with Crippen molar-refractivity contribution < 1.29 is 17.6 Å². The Morgan fingerprint density at radius 2 is 1.83 bits per heavy atom. The summed E-state index contributed by atoms with van der Waals surface area (Å²) in [6, 6.07) is 3.57. The lowest BCUT2D eigenvalue weighted by atomic mass is 9.99. The summed E-state index contributed by atoms with van der Waals surface area (Å²) in [4.78, 5) is 12.0. The molecule has 1 aromatic rings. The zero-order valence-electron chi connectivity index (χ0n) is 14.5. The largest absolute Gasteiger partial charge is 0.354 e. The molecular formula is C17H27FN2O3S. The van der Waals surface area contributed by atoms with E-state index in [-0.39, 0.29) is 10.8 Å². The Hall–Kier alpha value is -1.47. The van der Waals surface area contributed by atoms with Crippen molar-refractivity contribution in [1.29, 1.82) is 0 Å². The zero-order chi connectivity index (χ0) is 18.2. The number of benzene rings is 1. The second kappa shape index (κ2) is 9.74. The molecule has 1 rings (SSSR count). The second-order valence-corrected chi connectivity index (χ2v) is 7.67. The minimum Gasteiger partial charge on any atom is -0.354 e. The van der Waals surface area contributed by atoms with Crippen molar-refractivity contribution in [3.63, 3.8) is 0 Å².